The van der Waals surface area contributed by atoms with Crippen molar-refractivity contribution < 1.29 is 20.3 Å². The van der Waals surface area contributed by atoms with Crippen molar-refractivity contribution >= 4 is 11.1 Å². The molecule has 0 amide bonds. The quantitative estimate of drug-likeness (QED) is 0.224. The van der Waals surface area contributed by atoms with E-state index >= 15 is 0 Å². The van der Waals surface area contributed by atoms with E-state index in [2.05, 4.69) is 127 Å². The van der Waals surface area contributed by atoms with Gasteiger partial charge < -0.3 is 0 Å². The average Bonchev–Trinajstić information content (AvgIpc) is 3.43. The molecule has 7 rings (SSSR count). The van der Waals surface area contributed by atoms with Crippen LogP contribution in [-0.4, -0.2) is 0 Å². The van der Waals surface area contributed by atoms with E-state index in [1.165, 1.54) is 28.7 Å². The monoisotopic (exact) mass is 584 g/mol. The van der Waals surface area contributed by atoms with Gasteiger partial charge in [0.1, 0.15) is 0 Å². The first-order chi connectivity index (χ1) is 18.9. The van der Waals surface area contributed by atoms with E-state index in [4.69, 9.17) is 0 Å². The molecule has 0 radical (unpaired) electrons. The number of allylic oxidation sites excluding steroid dienone is 4. The minimum absolute atomic E-state index is 0.527. The van der Waals surface area contributed by atoms with Gasteiger partial charge >= 0.3 is 240 Å². The Morgan fingerprint density at radius 1 is 0.615 bits per heavy atom. The molecule has 0 fully saturated rings. The standard InChI is InChI=1S/C36H32.2CH3.Zr/c1-4-26(34-25(3)22-30-18-12-20-32(36(30)34)28-15-9-6-10-16-28)23-33-24(2)21-29-17-11-19-31(35(29)33)27-13-7-5-8-14-27;;;/h5-22,26H,4,23H2,1-3H3;2*1H3;. The molecule has 3 atom stereocenters. The van der Waals surface area contributed by atoms with E-state index in [0.717, 1.165) is 6.42 Å². The maximum atomic E-state index is 2.76. The van der Waals surface area contributed by atoms with Crippen LogP contribution in [0.15, 0.2) is 108 Å². The number of rotatable bonds is 3. The summed E-state index contributed by atoms with van der Waals surface area (Å²) in [4.78, 5) is 0. The normalized spacial score (nSPS) is 22.7. The molecule has 0 saturated carbocycles. The van der Waals surface area contributed by atoms with Crippen LogP contribution >= 0.6 is 0 Å². The molecule has 4 aromatic carbocycles. The average molecular weight is 586 g/mol. The Labute approximate surface area is 238 Å². The first-order valence-corrected chi connectivity index (χ1v) is 22.5. The summed E-state index contributed by atoms with van der Waals surface area (Å²) >= 11 is -2.91. The number of benzene rings is 4. The van der Waals surface area contributed by atoms with Crippen molar-refractivity contribution in [2.75, 3.05) is 0 Å². The molecule has 4 bridgehead atoms. The van der Waals surface area contributed by atoms with Crippen molar-refractivity contribution in [2.24, 2.45) is 5.92 Å². The Bertz CT molecular complexity index is 1650. The van der Waals surface area contributed by atoms with Crippen molar-refractivity contribution in [1.29, 1.82) is 0 Å². The Morgan fingerprint density at radius 2 is 1.13 bits per heavy atom. The molecule has 0 N–H and O–H groups in total. The zero-order valence-corrected chi connectivity index (χ0v) is 26.3. The van der Waals surface area contributed by atoms with Gasteiger partial charge in [-0.3, -0.25) is 0 Å². The van der Waals surface area contributed by atoms with Gasteiger partial charge in [0.05, 0.1) is 0 Å². The zero-order chi connectivity index (χ0) is 26.9. The molecule has 4 aromatic rings. The summed E-state index contributed by atoms with van der Waals surface area (Å²) in [5.74, 6) is 0.527. The van der Waals surface area contributed by atoms with Gasteiger partial charge in [0.25, 0.3) is 0 Å². The number of hydrogen-bond donors (Lipinski definition) is 0. The van der Waals surface area contributed by atoms with Crippen LogP contribution in [0, 0.1) is 5.92 Å². The van der Waals surface area contributed by atoms with Crippen LogP contribution < -0.4 is 0 Å². The molecule has 0 nitrogen and oxygen atoms in total. The SMILES string of the molecule is CCC1CC2=C(C)[CH](c3cccc(-c4ccccc4)c32)[Zr]([CH3])([CH3])[CH]2C(C)=C1c1c(-c3ccccc3)cccc12. The summed E-state index contributed by atoms with van der Waals surface area (Å²) in [5.41, 5.74) is 18.7. The van der Waals surface area contributed by atoms with Crippen molar-refractivity contribution in [1.82, 2.24) is 0 Å². The van der Waals surface area contributed by atoms with Crippen LogP contribution in [-0.2, 0) is 20.3 Å². The third-order valence-electron chi connectivity index (χ3n) is 10.2. The molecule has 3 unspecified atom stereocenters. The Hall–Kier alpha value is -2.76. The number of hydrogen-bond acceptors (Lipinski definition) is 0. The van der Waals surface area contributed by atoms with Crippen molar-refractivity contribution in [3.05, 3.63) is 130 Å². The topological polar surface area (TPSA) is 0 Å². The maximum absolute atomic E-state index is 2.91. The van der Waals surface area contributed by atoms with Gasteiger partial charge in [0.2, 0.25) is 0 Å². The predicted octanol–water partition coefficient (Wildman–Crippen LogP) is 11.1. The molecule has 1 aliphatic heterocycles. The second kappa shape index (κ2) is 9.42. The van der Waals surface area contributed by atoms with E-state index < -0.39 is 20.3 Å². The molecule has 0 saturated heterocycles. The van der Waals surface area contributed by atoms with Crippen LogP contribution in [0.2, 0.25) is 9.26 Å². The summed E-state index contributed by atoms with van der Waals surface area (Å²) in [6.07, 6.45) is 2.31. The second-order valence-electron chi connectivity index (χ2n) is 12.5. The minimum atomic E-state index is -2.91. The van der Waals surface area contributed by atoms with Crippen LogP contribution in [0.25, 0.3) is 33.4 Å². The van der Waals surface area contributed by atoms with Crippen molar-refractivity contribution in [3.8, 4) is 22.3 Å². The molecule has 2 aliphatic carbocycles. The first kappa shape index (κ1) is 25.2. The van der Waals surface area contributed by atoms with Gasteiger partial charge in [-0.2, -0.15) is 0 Å². The molecule has 39 heavy (non-hydrogen) atoms. The van der Waals surface area contributed by atoms with Crippen LogP contribution in [0.5, 0.6) is 0 Å². The second-order valence-corrected chi connectivity index (χ2v) is 24.3. The fourth-order valence-corrected chi connectivity index (χ4v) is 21.0. The van der Waals surface area contributed by atoms with E-state index in [1.54, 1.807) is 44.5 Å². The van der Waals surface area contributed by atoms with Gasteiger partial charge in [0, 0.05) is 0 Å². The van der Waals surface area contributed by atoms with E-state index in [9.17, 15) is 0 Å². The van der Waals surface area contributed by atoms with Crippen molar-refractivity contribution in [3.63, 3.8) is 0 Å². The molecule has 1 heterocycles. The van der Waals surface area contributed by atoms with Crippen LogP contribution in [0.4, 0.5) is 0 Å². The summed E-state index contributed by atoms with van der Waals surface area (Å²) in [6, 6.07) is 36.6. The van der Waals surface area contributed by atoms with Gasteiger partial charge in [-0.1, -0.05) is 0 Å². The molecular weight excluding hydrogens is 548 g/mol. The molecule has 0 aromatic heterocycles. The summed E-state index contributed by atoms with van der Waals surface area (Å²) in [5, 5.41) is 0. The molecule has 0 spiro atoms. The Balaban J connectivity index is 1.50. The third kappa shape index (κ3) is 3.65. The van der Waals surface area contributed by atoms with Gasteiger partial charge in [-0.25, -0.2) is 0 Å². The first-order valence-electron chi connectivity index (χ1n) is 14.7. The predicted molar refractivity (Wildman–Crippen MR) is 165 cm³/mol. The number of fused-ring (bicyclic) bond motifs is 8. The Kier molecular flexibility index (Phi) is 6.09. The zero-order valence-electron chi connectivity index (χ0n) is 23.9. The summed E-state index contributed by atoms with van der Waals surface area (Å²) < 4.78 is 6.73. The fourth-order valence-electron chi connectivity index (χ4n) is 8.74. The van der Waals surface area contributed by atoms with E-state index in [1.807, 2.05) is 0 Å². The van der Waals surface area contributed by atoms with E-state index in [0.29, 0.717) is 13.2 Å². The molecule has 194 valence electrons. The molecular formula is C38H38Zr. The van der Waals surface area contributed by atoms with Gasteiger partial charge in [0.15, 0.2) is 0 Å². The van der Waals surface area contributed by atoms with Gasteiger partial charge in [-0.05, 0) is 0 Å². The van der Waals surface area contributed by atoms with Gasteiger partial charge in [-0.15, -0.1) is 0 Å². The summed E-state index contributed by atoms with van der Waals surface area (Å²) in [7, 11) is 0. The van der Waals surface area contributed by atoms with Crippen LogP contribution in [0.1, 0.15) is 63.1 Å². The summed E-state index contributed by atoms with van der Waals surface area (Å²) in [6.45, 7) is 7.43. The van der Waals surface area contributed by atoms with Crippen LogP contribution in [0.3, 0.4) is 0 Å². The molecule has 1 heteroatoms. The van der Waals surface area contributed by atoms with E-state index in [-0.39, 0.29) is 0 Å². The fraction of sp³-hybridized carbons (Fsp3) is 0.263. The molecule has 3 aliphatic rings. The van der Waals surface area contributed by atoms with Crippen molar-refractivity contribution in [2.45, 2.75) is 50.1 Å². The third-order valence-corrected chi connectivity index (χ3v) is 21.1. The Morgan fingerprint density at radius 3 is 1.69 bits per heavy atom.